The van der Waals surface area contributed by atoms with Crippen LogP contribution in [0.2, 0.25) is 0 Å². The summed E-state index contributed by atoms with van der Waals surface area (Å²) >= 11 is 0. The number of carbonyl (C=O) groups is 2. The second kappa shape index (κ2) is 11.4. The number of anilines is 2. The molecule has 5 aromatic rings. The van der Waals surface area contributed by atoms with Gasteiger partial charge in [-0.2, -0.15) is 13.2 Å². The van der Waals surface area contributed by atoms with E-state index in [1.807, 2.05) is 28.8 Å². The third-order valence-corrected chi connectivity index (χ3v) is 7.11. The molecule has 220 valence electrons. The highest BCUT2D eigenvalue weighted by Crippen LogP contribution is 2.31. The summed E-state index contributed by atoms with van der Waals surface area (Å²) in [6.45, 7) is 6.71. The van der Waals surface area contributed by atoms with Gasteiger partial charge < -0.3 is 15.2 Å². The van der Waals surface area contributed by atoms with Crippen LogP contribution in [0.25, 0.3) is 10.9 Å². The summed E-state index contributed by atoms with van der Waals surface area (Å²) in [5, 5.41) is 6.10. The minimum absolute atomic E-state index is 0.0300. The number of fused-ring (bicyclic) bond motifs is 1. The molecule has 0 spiro atoms. The Morgan fingerprint density at radius 3 is 1.98 bits per heavy atom. The van der Waals surface area contributed by atoms with E-state index >= 15 is 0 Å². The molecule has 0 saturated heterocycles. The normalized spacial score (nSPS) is 11.9. The fourth-order valence-electron chi connectivity index (χ4n) is 4.77. The van der Waals surface area contributed by atoms with Gasteiger partial charge in [0.2, 0.25) is 0 Å². The van der Waals surface area contributed by atoms with Crippen molar-refractivity contribution in [3.8, 4) is 0 Å². The summed E-state index contributed by atoms with van der Waals surface area (Å²) < 4.78 is 54.5. The number of nitrogens with zero attached hydrogens (tertiary/aromatic N) is 1. The largest absolute Gasteiger partial charge is 0.416 e. The first-order chi connectivity index (χ1) is 20.3. The SMILES string of the molecule is CC(C)(C)c1ccc(Cn2c(C(=O)Nc3ccc(C(F)(F)F)cc3)cc3cc(NC(=O)c4cccc(F)c4)ccc32)cc1. The van der Waals surface area contributed by atoms with Crippen LogP contribution >= 0.6 is 0 Å². The molecule has 0 bridgehead atoms. The quantitative estimate of drug-likeness (QED) is 0.195. The van der Waals surface area contributed by atoms with Crippen LogP contribution in [0, 0.1) is 5.82 Å². The van der Waals surface area contributed by atoms with Crippen LogP contribution in [-0.2, 0) is 18.1 Å². The van der Waals surface area contributed by atoms with Gasteiger partial charge in [-0.3, -0.25) is 9.59 Å². The summed E-state index contributed by atoms with van der Waals surface area (Å²) in [6, 6.07) is 24.5. The van der Waals surface area contributed by atoms with E-state index in [0.717, 1.165) is 29.3 Å². The van der Waals surface area contributed by atoms with E-state index < -0.39 is 29.4 Å². The molecule has 0 saturated carbocycles. The van der Waals surface area contributed by atoms with E-state index in [0.29, 0.717) is 23.1 Å². The molecule has 9 heteroatoms. The molecular formula is C34H29F4N3O2. The summed E-state index contributed by atoms with van der Waals surface area (Å²) in [6.07, 6.45) is -4.49. The highest BCUT2D eigenvalue weighted by Gasteiger charge is 2.30. The molecule has 0 atom stereocenters. The zero-order valence-corrected chi connectivity index (χ0v) is 23.7. The Morgan fingerprint density at radius 1 is 0.721 bits per heavy atom. The number of aromatic nitrogens is 1. The smallest absolute Gasteiger partial charge is 0.332 e. The zero-order valence-electron chi connectivity index (χ0n) is 23.7. The van der Waals surface area contributed by atoms with Crippen molar-refractivity contribution in [2.45, 2.75) is 38.9 Å². The van der Waals surface area contributed by atoms with E-state index in [2.05, 4.69) is 31.4 Å². The monoisotopic (exact) mass is 587 g/mol. The van der Waals surface area contributed by atoms with Crippen molar-refractivity contribution in [1.82, 2.24) is 4.57 Å². The van der Waals surface area contributed by atoms with Gasteiger partial charge in [0.15, 0.2) is 0 Å². The second-order valence-electron chi connectivity index (χ2n) is 11.3. The minimum Gasteiger partial charge on any atom is -0.332 e. The fraction of sp³-hybridized carbons (Fsp3) is 0.176. The Balaban J connectivity index is 1.48. The molecule has 2 N–H and O–H groups in total. The molecule has 5 nitrogen and oxygen atoms in total. The molecule has 43 heavy (non-hydrogen) atoms. The highest BCUT2D eigenvalue weighted by atomic mass is 19.4. The standard InChI is InChI=1S/C34H29F4N3O2/c1-33(2,3)24-9-7-21(8-10-24)20-41-29-16-15-28(40-31(42)22-5-4-6-26(35)17-22)18-23(29)19-30(41)32(43)39-27-13-11-25(12-14-27)34(36,37)38/h4-19H,20H2,1-3H3,(H,39,43)(H,40,42). The van der Waals surface area contributed by atoms with Crippen molar-refractivity contribution in [2.75, 3.05) is 10.6 Å². The van der Waals surface area contributed by atoms with Crippen LogP contribution in [0.15, 0.2) is 97.1 Å². The lowest BCUT2D eigenvalue weighted by atomic mass is 9.87. The molecule has 2 amide bonds. The molecule has 1 aromatic heterocycles. The number of alkyl halides is 3. The van der Waals surface area contributed by atoms with E-state index in [-0.39, 0.29) is 22.4 Å². The van der Waals surface area contributed by atoms with Gasteiger partial charge in [-0.1, -0.05) is 51.1 Å². The number of hydrogen-bond donors (Lipinski definition) is 2. The molecule has 0 unspecified atom stereocenters. The van der Waals surface area contributed by atoms with Crippen molar-refractivity contribution in [1.29, 1.82) is 0 Å². The number of hydrogen-bond acceptors (Lipinski definition) is 2. The molecule has 0 aliphatic rings. The Labute approximate surface area is 246 Å². The summed E-state index contributed by atoms with van der Waals surface area (Å²) in [5.74, 6) is -1.52. The predicted molar refractivity (Wildman–Crippen MR) is 160 cm³/mol. The highest BCUT2D eigenvalue weighted by molar-refractivity contribution is 6.08. The third-order valence-electron chi connectivity index (χ3n) is 7.11. The van der Waals surface area contributed by atoms with Gasteiger partial charge in [0.1, 0.15) is 11.5 Å². The van der Waals surface area contributed by atoms with Gasteiger partial charge in [0, 0.05) is 34.4 Å². The Kier molecular flexibility index (Phi) is 7.84. The van der Waals surface area contributed by atoms with Crippen LogP contribution < -0.4 is 10.6 Å². The van der Waals surface area contributed by atoms with E-state index in [9.17, 15) is 27.2 Å². The number of halogens is 4. The van der Waals surface area contributed by atoms with E-state index in [1.54, 1.807) is 24.3 Å². The summed E-state index contributed by atoms with van der Waals surface area (Å²) in [5.41, 5.74) is 3.07. The summed E-state index contributed by atoms with van der Waals surface area (Å²) in [7, 11) is 0. The molecule has 4 aromatic carbocycles. The second-order valence-corrected chi connectivity index (χ2v) is 11.3. The maximum Gasteiger partial charge on any atom is 0.416 e. The molecule has 5 rings (SSSR count). The number of amides is 2. The Morgan fingerprint density at radius 2 is 1.35 bits per heavy atom. The first-order valence-electron chi connectivity index (χ1n) is 13.6. The van der Waals surface area contributed by atoms with Gasteiger partial charge in [-0.25, -0.2) is 4.39 Å². The number of nitrogens with one attached hydrogen (secondary N) is 2. The van der Waals surface area contributed by atoms with Crippen molar-refractivity contribution in [3.05, 3.63) is 131 Å². The van der Waals surface area contributed by atoms with Crippen molar-refractivity contribution < 1.29 is 27.2 Å². The number of carbonyl (C=O) groups excluding carboxylic acids is 2. The van der Waals surface area contributed by atoms with Gasteiger partial charge in [0.05, 0.1) is 5.56 Å². The van der Waals surface area contributed by atoms with Gasteiger partial charge >= 0.3 is 6.18 Å². The van der Waals surface area contributed by atoms with Crippen LogP contribution in [0.5, 0.6) is 0 Å². The predicted octanol–water partition coefficient (Wildman–Crippen LogP) is 8.65. The average Bonchev–Trinajstić information content (AvgIpc) is 3.30. The molecular weight excluding hydrogens is 558 g/mol. The third kappa shape index (κ3) is 6.77. The lowest BCUT2D eigenvalue weighted by Gasteiger charge is -2.19. The Hall–Kier alpha value is -4.92. The Bertz CT molecular complexity index is 1800. The first kappa shape index (κ1) is 29.6. The molecule has 0 fully saturated rings. The number of benzene rings is 4. The molecule has 0 aliphatic carbocycles. The van der Waals surface area contributed by atoms with Gasteiger partial charge in [-0.15, -0.1) is 0 Å². The van der Waals surface area contributed by atoms with Crippen LogP contribution in [0.4, 0.5) is 28.9 Å². The van der Waals surface area contributed by atoms with Crippen LogP contribution in [0.1, 0.15) is 58.3 Å². The van der Waals surface area contributed by atoms with Crippen LogP contribution in [0.3, 0.4) is 0 Å². The van der Waals surface area contributed by atoms with Crippen molar-refractivity contribution in [2.24, 2.45) is 0 Å². The maximum atomic E-state index is 13.6. The number of rotatable bonds is 6. The van der Waals surface area contributed by atoms with Gasteiger partial charge in [0.25, 0.3) is 11.8 Å². The van der Waals surface area contributed by atoms with E-state index in [4.69, 9.17) is 0 Å². The average molecular weight is 588 g/mol. The molecule has 0 aliphatic heterocycles. The lowest BCUT2D eigenvalue weighted by molar-refractivity contribution is -0.137. The zero-order chi connectivity index (χ0) is 30.9. The van der Waals surface area contributed by atoms with Gasteiger partial charge in [-0.05, 0) is 83.3 Å². The van der Waals surface area contributed by atoms with E-state index in [1.165, 1.54) is 30.3 Å². The minimum atomic E-state index is -4.49. The lowest BCUT2D eigenvalue weighted by Crippen LogP contribution is -2.18. The van der Waals surface area contributed by atoms with Crippen LogP contribution in [-0.4, -0.2) is 16.4 Å². The molecule has 1 heterocycles. The topological polar surface area (TPSA) is 63.1 Å². The maximum absolute atomic E-state index is 13.6. The molecule has 0 radical (unpaired) electrons. The first-order valence-corrected chi connectivity index (χ1v) is 13.6. The summed E-state index contributed by atoms with van der Waals surface area (Å²) in [4.78, 5) is 26.2. The van der Waals surface area contributed by atoms with Crippen molar-refractivity contribution in [3.63, 3.8) is 0 Å². The van der Waals surface area contributed by atoms with Crippen molar-refractivity contribution >= 4 is 34.1 Å². The fourth-order valence-corrected chi connectivity index (χ4v) is 4.77.